The molecule has 1 aromatic rings. The third-order valence-electron chi connectivity index (χ3n) is 6.09. The van der Waals surface area contributed by atoms with E-state index in [1.165, 1.54) is 77.0 Å². The van der Waals surface area contributed by atoms with Gasteiger partial charge in [-0.3, -0.25) is 0 Å². The zero-order valence-corrected chi connectivity index (χ0v) is 21.1. The van der Waals surface area contributed by atoms with Crippen LogP contribution in [-0.2, 0) is 0 Å². The monoisotopic (exact) mass is 448 g/mol. The van der Waals surface area contributed by atoms with Crippen molar-refractivity contribution < 1.29 is 19.4 Å². The highest BCUT2D eigenvalue weighted by Crippen LogP contribution is 2.29. The predicted molar refractivity (Wildman–Crippen MR) is 134 cm³/mol. The van der Waals surface area contributed by atoms with Crippen LogP contribution in [0.2, 0.25) is 0 Å². The Kier molecular flexibility index (Phi) is 16.7. The summed E-state index contributed by atoms with van der Waals surface area (Å²) in [5.74, 6) is 0.303. The van der Waals surface area contributed by atoms with Crippen LogP contribution in [0.15, 0.2) is 12.1 Å². The van der Waals surface area contributed by atoms with Crippen molar-refractivity contribution in [3.05, 3.63) is 23.3 Å². The fourth-order valence-corrected chi connectivity index (χ4v) is 3.96. The maximum atomic E-state index is 11.7. The van der Waals surface area contributed by atoms with Crippen LogP contribution in [0.1, 0.15) is 133 Å². The number of aromatic carboxylic acids is 1. The fourth-order valence-electron chi connectivity index (χ4n) is 3.96. The van der Waals surface area contributed by atoms with Crippen LogP contribution in [0.5, 0.6) is 11.5 Å². The predicted octanol–water partition coefficient (Wildman–Crippen LogP) is 8.73. The summed E-state index contributed by atoms with van der Waals surface area (Å²) in [6, 6.07) is 3.49. The van der Waals surface area contributed by atoms with Crippen LogP contribution >= 0.6 is 0 Å². The van der Waals surface area contributed by atoms with Crippen molar-refractivity contribution in [3.63, 3.8) is 0 Å². The first-order valence-electron chi connectivity index (χ1n) is 13.2. The molecular weight excluding hydrogens is 400 g/mol. The van der Waals surface area contributed by atoms with E-state index in [1.807, 2.05) is 13.0 Å². The Bertz CT molecular complexity index is 612. The van der Waals surface area contributed by atoms with Gasteiger partial charge in [0.25, 0.3) is 0 Å². The van der Waals surface area contributed by atoms with Crippen LogP contribution in [0.25, 0.3) is 0 Å². The summed E-state index contributed by atoms with van der Waals surface area (Å²) in [6.07, 6.45) is 20.0. The number of hydrogen-bond donors (Lipinski definition) is 1. The number of ether oxygens (including phenoxy) is 2. The molecule has 0 unspecified atom stereocenters. The number of carboxylic acid groups (broad SMARTS) is 1. The van der Waals surface area contributed by atoms with Gasteiger partial charge in [-0.05, 0) is 25.8 Å². The van der Waals surface area contributed by atoms with Crippen molar-refractivity contribution in [1.29, 1.82) is 0 Å². The molecule has 0 radical (unpaired) electrons. The van der Waals surface area contributed by atoms with Crippen molar-refractivity contribution >= 4 is 5.97 Å². The molecule has 0 aromatic heterocycles. The van der Waals surface area contributed by atoms with Crippen molar-refractivity contribution in [1.82, 2.24) is 0 Å². The van der Waals surface area contributed by atoms with Crippen LogP contribution in [-0.4, -0.2) is 24.3 Å². The van der Waals surface area contributed by atoms with E-state index < -0.39 is 5.97 Å². The molecular formula is C28H48O4. The molecule has 4 nitrogen and oxygen atoms in total. The van der Waals surface area contributed by atoms with Gasteiger partial charge in [-0.25, -0.2) is 4.79 Å². The largest absolute Gasteiger partial charge is 0.493 e. The van der Waals surface area contributed by atoms with Gasteiger partial charge >= 0.3 is 5.97 Å². The van der Waals surface area contributed by atoms with E-state index in [4.69, 9.17) is 9.47 Å². The molecule has 32 heavy (non-hydrogen) atoms. The zero-order valence-electron chi connectivity index (χ0n) is 21.1. The van der Waals surface area contributed by atoms with E-state index in [0.717, 1.165) is 25.7 Å². The lowest BCUT2D eigenvalue weighted by Gasteiger charge is -2.14. The first-order chi connectivity index (χ1) is 15.6. The SMILES string of the molecule is CCCCCCCCCCOc1cc(OCCCCCCCCCC)c(C)c(C(=O)O)c1. The lowest BCUT2D eigenvalue weighted by molar-refractivity contribution is 0.0695. The highest BCUT2D eigenvalue weighted by atomic mass is 16.5. The molecule has 1 N–H and O–H groups in total. The zero-order chi connectivity index (χ0) is 23.4. The minimum absolute atomic E-state index is 0.268. The number of hydrogen-bond acceptors (Lipinski definition) is 3. The Hall–Kier alpha value is -1.71. The second-order valence-corrected chi connectivity index (χ2v) is 9.05. The number of rotatable bonds is 21. The first kappa shape index (κ1) is 28.3. The summed E-state index contributed by atoms with van der Waals surface area (Å²) in [5, 5.41) is 9.56. The van der Waals surface area contributed by atoms with Gasteiger partial charge < -0.3 is 14.6 Å². The average molecular weight is 449 g/mol. The van der Waals surface area contributed by atoms with E-state index in [2.05, 4.69) is 13.8 Å². The summed E-state index contributed by atoms with van der Waals surface area (Å²) in [4.78, 5) is 11.7. The van der Waals surface area contributed by atoms with Gasteiger partial charge in [0.15, 0.2) is 0 Å². The molecule has 0 aliphatic carbocycles. The number of carboxylic acids is 1. The van der Waals surface area contributed by atoms with Gasteiger partial charge in [0, 0.05) is 11.6 Å². The molecule has 0 saturated carbocycles. The van der Waals surface area contributed by atoms with E-state index in [-0.39, 0.29) is 5.56 Å². The molecule has 184 valence electrons. The van der Waals surface area contributed by atoms with Crippen LogP contribution in [0, 0.1) is 6.92 Å². The molecule has 1 aromatic carbocycles. The average Bonchev–Trinajstić information content (AvgIpc) is 2.78. The van der Waals surface area contributed by atoms with Gasteiger partial charge in [-0.2, -0.15) is 0 Å². The third kappa shape index (κ3) is 13.0. The Morgan fingerprint density at radius 1 is 0.688 bits per heavy atom. The fraction of sp³-hybridized carbons (Fsp3) is 0.750. The summed E-state index contributed by atoms with van der Waals surface area (Å²) in [7, 11) is 0. The smallest absolute Gasteiger partial charge is 0.336 e. The first-order valence-corrected chi connectivity index (χ1v) is 13.2. The van der Waals surface area contributed by atoms with Crippen LogP contribution < -0.4 is 9.47 Å². The Balaban J connectivity index is 2.37. The molecule has 4 heteroatoms. The molecule has 0 heterocycles. The highest BCUT2D eigenvalue weighted by molar-refractivity contribution is 5.90. The van der Waals surface area contributed by atoms with Crippen molar-refractivity contribution in [2.24, 2.45) is 0 Å². The second kappa shape index (κ2) is 18.8. The number of carbonyl (C=O) groups is 1. The molecule has 0 aliphatic rings. The summed E-state index contributed by atoms with van der Waals surface area (Å²) >= 11 is 0. The summed E-state index contributed by atoms with van der Waals surface area (Å²) in [5.41, 5.74) is 0.945. The van der Waals surface area contributed by atoms with Gasteiger partial charge in [-0.15, -0.1) is 0 Å². The standard InChI is InChI=1S/C28H48O4/c1-4-6-8-10-12-14-16-18-20-31-25-22-26(28(29)30)24(3)27(23-25)32-21-19-17-15-13-11-9-7-5-2/h22-23H,4-21H2,1-3H3,(H,29,30). The second-order valence-electron chi connectivity index (χ2n) is 9.05. The maximum absolute atomic E-state index is 11.7. The normalized spacial score (nSPS) is 11.0. The maximum Gasteiger partial charge on any atom is 0.336 e. The molecule has 0 spiro atoms. The molecule has 0 amide bonds. The quantitative estimate of drug-likeness (QED) is 0.191. The van der Waals surface area contributed by atoms with E-state index >= 15 is 0 Å². The van der Waals surface area contributed by atoms with Gasteiger partial charge in [0.2, 0.25) is 0 Å². The van der Waals surface area contributed by atoms with Crippen molar-refractivity contribution in [2.45, 2.75) is 124 Å². The van der Waals surface area contributed by atoms with Crippen LogP contribution in [0.4, 0.5) is 0 Å². The summed E-state index contributed by atoms with van der Waals surface area (Å²) < 4.78 is 11.8. The van der Waals surface area contributed by atoms with E-state index in [9.17, 15) is 9.90 Å². The molecule has 0 aliphatic heterocycles. The van der Waals surface area contributed by atoms with Crippen LogP contribution in [0.3, 0.4) is 0 Å². The van der Waals surface area contributed by atoms with E-state index in [1.54, 1.807) is 6.07 Å². The minimum atomic E-state index is -0.933. The topological polar surface area (TPSA) is 55.8 Å². The number of benzene rings is 1. The number of unbranched alkanes of at least 4 members (excludes halogenated alkanes) is 14. The Morgan fingerprint density at radius 2 is 1.12 bits per heavy atom. The molecule has 0 bridgehead atoms. The lowest BCUT2D eigenvalue weighted by Crippen LogP contribution is -2.06. The van der Waals surface area contributed by atoms with Gasteiger partial charge in [0.1, 0.15) is 11.5 Å². The summed E-state index contributed by atoms with van der Waals surface area (Å²) in [6.45, 7) is 7.54. The molecule has 1 rings (SSSR count). The Morgan fingerprint density at radius 3 is 1.59 bits per heavy atom. The van der Waals surface area contributed by atoms with E-state index in [0.29, 0.717) is 30.3 Å². The van der Waals surface area contributed by atoms with Gasteiger partial charge in [-0.1, -0.05) is 104 Å². The molecule has 0 fully saturated rings. The van der Waals surface area contributed by atoms with Crippen molar-refractivity contribution in [3.8, 4) is 11.5 Å². The Labute approximate surface area is 197 Å². The van der Waals surface area contributed by atoms with Crippen molar-refractivity contribution in [2.75, 3.05) is 13.2 Å². The van der Waals surface area contributed by atoms with Gasteiger partial charge in [0.05, 0.1) is 18.8 Å². The minimum Gasteiger partial charge on any atom is -0.493 e. The third-order valence-corrected chi connectivity index (χ3v) is 6.09. The molecule has 0 saturated heterocycles. The highest BCUT2D eigenvalue weighted by Gasteiger charge is 2.15. The molecule has 0 atom stereocenters. The lowest BCUT2D eigenvalue weighted by atomic mass is 10.1.